The first-order valence-corrected chi connectivity index (χ1v) is 8.52. The highest BCUT2D eigenvalue weighted by atomic mass is 16.5. The lowest BCUT2D eigenvalue weighted by molar-refractivity contribution is -0.149. The molecule has 23 heavy (non-hydrogen) atoms. The Hall–Kier alpha value is -1.46. The Morgan fingerprint density at radius 1 is 1.39 bits per heavy atom. The van der Waals surface area contributed by atoms with Gasteiger partial charge in [-0.15, -0.1) is 0 Å². The van der Waals surface area contributed by atoms with Crippen molar-refractivity contribution in [1.82, 2.24) is 14.8 Å². The SMILES string of the molecule is Cc1cccc(CN2CC[C@H]3OCC[C@@H](C(=O)N(C)C)[C@@H]3C2)n1. The van der Waals surface area contributed by atoms with Crippen molar-refractivity contribution >= 4 is 5.91 Å². The molecule has 3 heterocycles. The largest absolute Gasteiger partial charge is 0.378 e. The second-order valence-electron chi connectivity index (χ2n) is 7.00. The van der Waals surface area contributed by atoms with Crippen molar-refractivity contribution in [2.45, 2.75) is 32.4 Å². The van der Waals surface area contributed by atoms with Gasteiger partial charge in [0.05, 0.1) is 11.8 Å². The van der Waals surface area contributed by atoms with Crippen molar-refractivity contribution in [3.05, 3.63) is 29.6 Å². The number of aromatic nitrogens is 1. The molecule has 2 fully saturated rings. The molecular weight excluding hydrogens is 290 g/mol. The van der Waals surface area contributed by atoms with Gasteiger partial charge in [-0.2, -0.15) is 0 Å². The van der Waals surface area contributed by atoms with E-state index in [2.05, 4.69) is 22.0 Å². The smallest absolute Gasteiger partial charge is 0.225 e. The van der Waals surface area contributed by atoms with Crippen molar-refractivity contribution in [3.63, 3.8) is 0 Å². The summed E-state index contributed by atoms with van der Waals surface area (Å²) in [6.07, 6.45) is 2.09. The highest BCUT2D eigenvalue weighted by molar-refractivity contribution is 5.78. The fraction of sp³-hybridized carbons (Fsp3) is 0.667. The summed E-state index contributed by atoms with van der Waals surface area (Å²) in [6, 6.07) is 6.17. The van der Waals surface area contributed by atoms with E-state index in [4.69, 9.17) is 4.74 Å². The zero-order valence-corrected chi connectivity index (χ0v) is 14.4. The van der Waals surface area contributed by atoms with E-state index >= 15 is 0 Å². The average Bonchev–Trinajstić information content (AvgIpc) is 2.53. The molecule has 0 N–H and O–H groups in total. The molecule has 5 heteroatoms. The molecule has 0 bridgehead atoms. The van der Waals surface area contributed by atoms with Gasteiger partial charge in [-0.3, -0.25) is 14.7 Å². The fourth-order valence-corrected chi connectivity index (χ4v) is 3.88. The Labute approximate surface area is 138 Å². The van der Waals surface area contributed by atoms with Crippen molar-refractivity contribution in [1.29, 1.82) is 0 Å². The third-order valence-corrected chi connectivity index (χ3v) is 5.04. The van der Waals surface area contributed by atoms with Gasteiger partial charge in [0, 0.05) is 57.9 Å². The van der Waals surface area contributed by atoms with Gasteiger partial charge in [-0.1, -0.05) is 6.07 Å². The number of aryl methyl sites for hydroxylation is 1. The third kappa shape index (κ3) is 3.72. The minimum Gasteiger partial charge on any atom is -0.378 e. The number of carbonyl (C=O) groups excluding carboxylic acids is 1. The molecule has 2 saturated heterocycles. The van der Waals surface area contributed by atoms with Gasteiger partial charge >= 0.3 is 0 Å². The van der Waals surface area contributed by atoms with Crippen LogP contribution in [0.25, 0.3) is 0 Å². The topological polar surface area (TPSA) is 45.7 Å². The van der Waals surface area contributed by atoms with Gasteiger partial charge in [0.1, 0.15) is 0 Å². The van der Waals surface area contributed by atoms with Crippen LogP contribution in [0.15, 0.2) is 18.2 Å². The molecule has 2 aliphatic heterocycles. The number of nitrogens with zero attached hydrogens (tertiary/aromatic N) is 3. The maximum Gasteiger partial charge on any atom is 0.225 e. The minimum absolute atomic E-state index is 0.0945. The molecule has 3 rings (SSSR count). The van der Waals surface area contributed by atoms with Crippen LogP contribution in [0.1, 0.15) is 24.2 Å². The van der Waals surface area contributed by atoms with Gasteiger partial charge in [-0.25, -0.2) is 0 Å². The van der Waals surface area contributed by atoms with E-state index < -0.39 is 0 Å². The van der Waals surface area contributed by atoms with Gasteiger partial charge in [-0.05, 0) is 31.9 Å². The van der Waals surface area contributed by atoms with Gasteiger partial charge < -0.3 is 9.64 Å². The third-order valence-electron chi connectivity index (χ3n) is 5.04. The molecule has 0 saturated carbocycles. The van der Waals surface area contributed by atoms with E-state index in [-0.39, 0.29) is 17.9 Å². The second kappa shape index (κ2) is 6.97. The van der Waals surface area contributed by atoms with Crippen molar-refractivity contribution in [2.24, 2.45) is 11.8 Å². The molecule has 3 atom stereocenters. The normalized spacial score (nSPS) is 28.2. The minimum atomic E-state index is 0.0945. The van der Waals surface area contributed by atoms with E-state index in [1.165, 1.54) is 0 Å². The number of rotatable bonds is 3. The zero-order chi connectivity index (χ0) is 16.4. The monoisotopic (exact) mass is 317 g/mol. The number of likely N-dealkylation sites (tertiary alicyclic amines) is 1. The number of fused-ring (bicyclic) bond motifs is 1. The number of hydrogen-bond acceptors (Lipinski definition) is 4. The number of piperidine rings is 1. The Bertz CT molecular complexity index is 561. The number of amides is 1. The fourth-order valence-electron chi connectivity index (χ4n) is 3.88. The molecule has 2 aliphatic rings. The van der Waals surface area contributed by atoms with E-state index in [9.17, 15) is 4.79 Å². The van der Waals surface area contributed by atoms with Crippen molar-refractivity contribution < 1.29 is 9.53 Å². The Morgan fingerprint density at radius 3 is 2.96 bits per heavy atom. The van der Waals surface area contributed by atoms with Crippen LogP contribution < -0.4 is 0 Å². The molecular formula is C18H27N3O2. The summed E-state index contributed by atoms with van der Waals surface area (Å²) in [7, 11) is 3.70. The molecule has 126 valence electrons. The molecule has 0 aromatic carbocycles. The maximum atomic E-state index is 12.5. The summed E-state index contributed by atoms with van der Waals surface area (Å²) < 4.78 is 5.95. The molecule has 0 unspecified atom stereocenters. The summed E-state index contributed by atoms with van der Waals surface area (Å²) in [4.78, 5) is 21.3. The summed E-state index contributed by atoms with van der Waals surface area (Å²) in [5.74, 6) is 0.646. The van der Waals surface area contributed by atoms with Crippen LogP contribution in [0.4, 0.5) is 0 Å². The molecule has 0 spiro atoms. The summed E-state index contributed by atoms with van der Waals surface area (Å²) >= 11 is 0. The van der Waals surface area contributed by atoms with E-state index in [0.717, 1.165) is 43.9 Å². The Balaban J connectivity index is 1.69. The molecule has 5 nitrogen and oxygen atoms in total. The first kappa shape index (κ1) is 16.4. The molecule has 1 amide bonds. The van der Waals surface area contributed by atoms with Gasteiger partial charge in [0.15, 0.2) is 0 Å². The number of hydrogen-bond donors (Lipinski definition) is 0. The van der Waals surface area contributed by atoms with Crippen LogP contribution in [-0.2, 0) is 16.1 Å². The maximum absolute atomic E-state index is 12.5. The summed E-state index contributed by atoms with van der Waals surface area (Å²) in [5, 5.41) is 0. The highest BCUT2D eigenvalue weighted by Gasteiger charge is 2.42. The van der Waals surface area contributed by atoms with Crippen LogP contribution in [0, 0.1) is 18.8 Å². The van der Waals surface area contributed by atoms with Crippen LogP contribution in [0.5, 0.6) is 0 Å². The lowest BCUT2D eigenvalue weighted by Gasteiger charge is -2.45. The quantitative estimate of drug-likeness (QED) is 0.851. The molecule has 0 radical (unpaired) electrons. The zero-order valence-electron chi connectivity index (χ0n) is 14.4. The Kier molecular flexibility index (Phi) is 4.97. The Morgan fingerprint density at radius 2 is 2.22 bits per heavy atom. The predicted molar refractivity (Wildman–Crippen MR) is 88.9 cm³/mol. The molecule has 1 aromatic rings. The first-order chi connectivity index (χ1) is 11.0. The average molecular weight is 317 g/mol. The lowest BCUT2D eigenvalue weighted by Crippen LogP contribution is -2.53. The molecule has 0 aliphatic carbocycles. The predicted octanol–water partition coefficient (Wildman–Crippen LogP) is 1.71. The summed E-state index contributed by atoms with van der Waals surface area (Å²) in [6.45, 7) is 5.53. The van der Waals surface area contributed by atoms with Crippen molar-refractivity contribution in [2.75, 3.05) is 33.8 Å². The molecule has 1 aromatic heterocycles. The highest BCUT2D eigenvalue weighted by Crippen LogP contribution is 2.34. The summed E-state index contributed by atoms with van der Waals surface area (Å²) in [5.41, 5.74) is 2.16. The number of pyridine rings is 1. The number of carbonyl (C=O) groups is 1. The first-order valence-electron chi connectivity index (χ1n) is 8.52. The van der Waals surface area contributed by atoms with E-state index in [1.54, 1.807) is 4.90 Å². The van der Waals surface area contributed by atoms with E-state index in [1.807, 2.05) is 27.1 Å². The number of ether oxygens (including phenoxy) is 1. The van der Waals surface area contributed by atoms with Gasteiger partial charge in [0.25, 0.3) is 0 Å². The van der Waals surface area contributed by atoms with Crippen LogP contribution in [0.2, 0.25) is 0 Å². The second-order valence-corrected chi connectivity index (χ2v) is 7.00. The van der Waals surface area contributed by atoms with E-state index in [0.29, 0.717) is 12.5 Å². The standard InChI is InChI=1S/C18H27N3O2/c1-13-5-4-6-14(19-13)11-21-9-7-17-16(12-21)15(8-10-23-17)18(22)20(2)3/h4-6,15-17H,7-12H2,1-3H3/t15-,16+,17-/m1/s1. The van der Waals surface area contributed by atoms with Crippen LogP contribution >= 0.6 is 0 Å². The van der Waals surface area contributed by atoms with Crippen LogP contribution in [0.3, 0.4) is 0 Å². The van der Waals surface area contributed by atoms with Crippen molar-refractivity contribution in [3.8, 4) is 0 Å². The lowest BCUT2D eigenvalue weighted by atomic mass is 9.78. The van der Waals surface area contributed by atoms with Crippen LogP contribution in [-0.4, -0.2) is 60.6 Å². The van der Waals surface area contributed by atoms with Gasteiger partial charge in [0.2, 0.25) is 5.91 Å².